The molecule has 0 bridgehead atoms. The lowest BCUT2D eigenvalue weighted by atomic mass is 10.2. The van der Waals surface area contributed by atoms with Gasteiger partial charge in [-0.1, -0.05) is 18.5 Å². The van der Waals surface area contributed by atoms with E-state index in [-0.39, 0.29) is 11.0 Å². The number of hydrogen-bond donors (Lipinski definition) is 0. The summed E-state index contributed by atoms with van der Waals surface area (Å²) in [5.74, 6) is 0. The Morgan fingerprint density at radius 1 is 0.900 bits per heavy atom. The fourth-order valence-corrected chi connectivity index (χ4v) is 1.01. The monoisotopic (exact) mass is 178 g/mol. The molecule has 0 spiro atoms. The summed E-state index contributed by atoms with van der Waals surface area (Å²) in [5.41, 5.74) is 0.243. The average Bonchev–Trinajstić information content (AvgIpc) is 1.79. The lowest BCUT2D eigenvalue weighted by molar-refractivity contribution is -0.112. The molecule has 0 saturated carbocycles. The van der Waals surface area contributed by atoms with Gasteiger partial charge in [0, 0.05) is 12.8 Å². The Balaban J connectivity index is 3.06. The van der Waals surface area contributed by atoms with Gasteiger partial charge in [0.25, 0.3) is 0 Å². The van der Waals surface area contributed by atoms with Crippen LogP contribution in [0.4, 0.5) is 0 Å². The zero-order valence-corrected chi connectivity index (χ0v) is 8.11. The predicted molar refractivity (Wildman–Crippen MR) is 47.9 cm³/mol. The molecule has 0 amide bonds. The molecule has 0 radical (unpaired) electrons. The van der Waals surface area contributed by atoms with Gasteiger partial charge >= 0.3 is 0 Å². The molecule has 0 aliphatic rings. The van der Waals surface area contributed by atoms with Crippen molar-refractivity contribution in [3.8, 4) is 0 Å². The van der Waals surface area contributed by atoms with Crippen LogP contribution in [0.3, 0.4) is 0 Å². The first-order valence-corrected chi connectivity index (χ1v) is 4.35. The van der Waals surface area contributed by atoms with E-state index in [1.165, 1.54) is 0 Å². The maximum Gasteiger partial charge on any atom is 0.148 e. The van der Waals surface area contributed by atoms with Gasteiger partial charge in [0.1, 0.15) is 11.0 Å². The highest BCUT2D eigenvalue weighted by atomic mass is 31.0. The van der Waals surface area contributed by atoms with E-state index in [2.05, 4.69) is 18.5 Å². The molecule has 2 nitrogen and oxygen atoms in total. The van der Waals surface area contributed by atoms with Crippen LogP contribution in [0.25, 0.3) is 0 Å². The molecule has 0 saturated heterocycles. The Morgan fingerprint density at radius 2 is 1.20 bits per heavy atom. The van der Waals surface area contributed by atoms with E-state index in [9.17, 15) is 9.59 Å². The molecule has 0 aromatic rings. The summed E-state index contributed by atoms with van der Waals surface area (Å²) in [4.78, 5) is 20.7. The fraction of sp³-hybridized carbons (Fsp3) is 0.667. The van der Waals surface area contributed by atoms with Crippen molar-refractivity contribution in [1.29, 1.82) is 0 Å². The van der Waals surface area contributed by atoms with Gasteiger partial charge in [0.2, 0.25) is 0 Å². The smallest absolute Gasteiger partial charge is 0.148 e. The van der Waals surface area contributed by atoms with Gasteiger partial charge in [0.15, 0.2) is 0 Å². The average molecular weight is 178 g/mol. The van der Waals surface area contributed by atoms with Crippen molar-refractivity contribution < 1.29 is 9.59 Å². The van der Waals surface area contributed by atoms with E-state index in [0.717, 1.165) is 12.8 Å². The quantitative estimate of drug-likeness (QED) is 0.470. The lowest BCUT2D eigenvalue weighted by Gasteiger charge is -1.93. The van der Waals surface area contributed by atoms with Crippen LogP contribution < -0.4 is 0 Å². The van der Waals surface area contributed by atoms with Crippen molar-refractivity contribution in [2.45, 2.75) is 25.7 Å². The van der Waals surface area contributed by atoms with Crippen LogP contribution in [0.15, 0.2) is 0 Å². The topological polar surface area (TPSA) is 34.1 Å². The molecule has 4 heteroatoms. The molecule has 2 unspecified atom stereocenters. The normalized spacial score (nSPS) is 9.40. The van der Waals surface area contributed by atoms with Gasteiger partial charge < -0.3 is 0 Å². The highest BCUT2D eigenvalue weighted by Gasteiger charge is 1.95. The second-order valence-electron chi connectivity index (χ2n) is 2.14. The highest BCUT2D eigenvalue weighted by molar-refractivity contribution is 7.40. The molecule has 0 heterocycles. The van der Waals surface area contributed by atoms with Gasteiger partial charge in [-0.2, -0.15) is 0 Å². The summed E-state index contributed by atoms with van der Waals surface area (Å²) in [7, 11) is 4.25. The van der Waals surface area contributed by atoms with Crippen LogP contribution in [0.1, 0.15) is 25.7 Å². The largest absolute Gasteiger partial charge is 0.295 e. The number of hydrogen-bond acceptors (Lipinski definition) is 2. The van der Waals surface area contributed by atoms with E-state index in [1.807, 2.05) is 0 Å². The van der Waals surface area contributed by atoms with Gasteiger partial charge in [-0.05, 0) is 12.8 Å². The Bertz CT molecular complexity index is 118. The van der Waals surface area contributed by atoms with Crippen molar-refractivity contribution in [1.82, 2.24) is 0 Å². The summed E-state index contributed by atoms with van der Waals surface area (Å²) >= 11 is 0. The highest BCUT2D eigenvalue weighted by Crippen LogP contribution is 2.05. The predicted octanol–water partition coefficient (Wildman–Crippen LogP) is 1.35. The minimum atomic E-state index is 0.121. The minimum absolute atomic E-state index is 0.121. The molecule has 0 aliphatic carbocycles. The zero-order valence-electron chi connectivity index (χ0n) is 5.80. The van der Waals surface area contributed by atoms with Crippen LogP contribution in [-0.4, -0.2) is 11.0 Å². The van der Waals surface area contributed by atoms with E-state index >= 15 is 0 Å². The second-order valence-corrected chi connectivity index (χ2v) is 3.43. The summed E-state index contributed by atoms with van der Waals surface area (Å²) < 4.78 is 0. The van der Waals surface area contributed by atoms with Gasteiger partial charge in [-0.25, -0.2) is 0 Å². The third-order valence-corrected chi connectivity index (χ3v) is 1.67. The molecule has 2 atom stereocenters. The SMILES string of the molecule is O=C(P)CCCCC(=O)P. The molecule has 0 rings (SSSR count). The van der Waals surface area contributed by atoms with Crippen molar-refractivity contribution >= 4 is 29.5 Å². The van der Waals surface area contributed by atoms with Crippen LogP contribution >= 0.6 is 18.5 Å². The minimum Gasteiger partial charge on any atom is -0.295 e. The van der Waals surface area contributed by atoms with Crippen molar-refractivity contribution in [2.75, 3.05) is 0 Å². The van der Waals surface area contributed by atoms with Crippen LogP contribution in [0.5, 0.6) is 0 Å². The van der Waals surface area contributed by atoms with E-state index < -0.39 is 0 Å². The van der Waals surface area contributed by atoms with Crippen molar-refractivity contribution in [3.63, 3.8) is 0 Å². The first-order chi connectivity index (χ1) is 4.63. The zero-order chi connectivity index (χ0) is 7.98. The number of carbonyl (C=O) groups excluding carboxylic acids is 2. The van der Waals surface area contributed by atoms with Gasteiger partial charge in [0.05, 0.1) is 0 Å². The summed E-state index contributed by atoms with van der Waals surface area (Å²) in [6.07, 6.45) is 2.79. The van der Waals surface area contributed by atoms with Gasteiger partial charge in [-0.15, -0.1) is 0 Å². The molecule has 0 N–H and O–H groups in total. The second kappa shape index (κ2) is 5.95. The summed E-state index contributed by atoms with van der Waals surface area (Å²) in [6, 6.07) is 0. The molecule has 0 aliphatic heterocycles. The Hall–Kier alpha value is 0.200. The number of carbonyl (C=O) groups is 2. The molecule has 0 aromatic carbocycles. The first kappa shape index (κ1) is 10.2. The van der Waals surface area contributed by atoms with Gasteiger partial charge in [-0.3, -0.25) is 9.59 Å². The van der Waals surface area contributed by atoms with Crippen molar-refractivity contribution in [2.24, 2.45) is 0 Å². The summed E-state index contributed by atoms with van der Waals surface area (Å²) in [5, 5.41) is 0. The van der Waals surface area contributed by atoms with E-state index in [1.54, 1.807) is 0 Å². The maximum absolute atomic E-state index is 10.4. The molecule has 58 valence electrons. The van der Waals surface area contributed by atoms with E-state index in [4.69, 9.17) is 0 Å². The van der Waals surface area contributed by atoms with Crippen LogP contribution in [0.2, 0.25) is 0 Å². The Morgan fingerprint density at radius 3 is 1.40 bits per heavy atom. The molecular formula is C6H12O2P2. The lowest BCUT2D eigenvalue weighted by Crippen LogP contribution is -1.88. The molecule has 0 fully saturated rings. The standard InChI is InChI=1S/C6H12O2P2/c7-5(9)3-1-2-4-6(8)10/h1-4,9-10H2. The van der Waals surface area contributed by atoms with E-state index in [0.29, 0.717) is 12.8 Å². The first-order valence-electron chi connectivity index (χ1n) is 3.19. The summed E-state index contributed by atoms with van der Waals surface area (Å²) in [6.45, 7) is 0. The molecular weight excluding hydrogens is 166 g/mol. The third-order valence-electron chi connectivity index (χ3n) is 1.10. The molecule has 0 aromatic heterocycles. The Labute approximate surface area is 65.5 Å². The fourth-order valence-electron chi connectivity index (χ4n) is 0.598. The third kappa shape index (κ3) is 8.20. The van der Waals surface area contributed by atoms with Crippen LogP contribution in [0, 0.1) is 0 Å². The molecule has 10 heavy (non-hydrogen) atoms. The maximum atomic E-state index is 10.4. The number of unbranched alkanes of at least 4 members (excludes halogenated alkanes) is 1. The number of rotatable bonds is 5. The van der Waals surface area contributed by atoms with Crippen molar-refractivity contribution in [3.05, 3.63) is 0 Å². The Kier molecular flexibility index (Phi) is 6.06. The van der Waals surface area contributed by atoms with Crippen LogP contribution in [-0.2, 0) is 9.59 Å².